The number of amides is 2. The first kappa shape index (κ1) is 20.8. The molecule has 3 rings (SSSR count). The molecular formula is C22H25F2N3O2. The van der Waals surface area contributed by atoms with Crippen LogP contribution in [-0.2, 0) is 16.0 Å². The first-order chi connectivity index (χ1) is 13.8. The Morgan fingerprint density at radius 2 is 1.90 bits per heavy atom. The first-order valence-corrected chi connectivity index (χ1v) is 9.64. The van der Waals surface area contributed by atoms with Gasteiger partial charge in [0.15, 0.2) is 0 Å². The number of nitrogens with zero attached hydrogens (tertiary/aromatic N) is 2. The molecule has 2 aromatic carbocycles. The predicted molar refractivity (Wildman–Crippen MR) is 109 cm³/mol. The number of anilines is 2. The van der Waals surface area contributed by atoms with E-state index in [1.807, 2.05) is 19.0 Å². The van der Waals surface area contributed by atoms with Crippen molar-refractivity contribution in [3.05, 3.63) is 59.7 Å². The van der Waals surface area contributed by atoms with Crippen LogP contribution in [0.2, 0.25) is 0 Å². The van der Waals surface area contributed by atoms with E-state index in [9.17, 15) is 18.4 Å². The second kappa shape index (κ2) is 9.03. The van der Waals surface area contributed by atoms with Crippen molar-refractivity contribution in [2.75, 3.05) is 37.0 Å². The zero-order valence-corrected chi connectivity index (χ0v) is 16.6. The SMILES string of the molecule is CN(C)c1ccc(CCCNC(=O)C2CC(=O)N(c3ccc(F)cc3F)C2)cc1. The van der Waals surface area contributed by atoms with Crippen LogP contribution >= 0.6 is 0 Å². The van der Waals surface area contributed by atoms with Gasteiger partial charge in [-0.25, -0.2) is 8.78 Å². The molecule has 1 heterocycles. The van der Waals surface area contributed by atoms with E-state index in [1.165, 1.54) is 16.5 Å². The van der Waals surface area contributed by atoms with Gasteiger partial charge < -0.3 is 15.1 Å². The van der Waals surface area contributed by atoms with Gasteiger partial charge in [-0.3, -0.25) is 9.59 Å². The van der Waals surface area contributed by atoms with E-state index in [-0.39, 0.29) is 30.5 Å². The molecule has 5 nitrogen and oxygen atoms in total. The Hall–Kier alpha value is -2.96. The molecule has 1 aliphatic heterocycles. The van der Waals surface area contributed by atoms with E-state index in [1.54, 1.807) is 0 Å². The Morgan fingerprint density at radius 1 is 1.17 bits per heavy atom. The predicted octanol–water partition coefficient (Wildman–Crippen LogP) is 3.13. The molecule has 2 aromatic rings. The van der Waals surface area contributed by atoms with E-state index >= 15 is 0 Å². The summed E-state index contributed by atoms with van der Waals surface area (Å²) in [5.74, 6) is -2.60. The third-order valence-electron chi connectivity index (χ3n) is 5.09. The molecule has 0 aliphatic carbocycles. The van der Waals surface area contributed by atoms with Gasteiger partial charge in [0, 0.05) is 45.4 Å². The van der Waals surface area contributed by atoms with Gasteiger partial charge in [0.1, 0.15) is 11.6 Å². The minimum absolute atomic E-state index is 0.00729. The van der Waals surface area contributed by atoms with Crippen LogP contribution < -0.4 is 15.1 Å². The lowest BCUT2D eigenvalue weighted by Crippen LogP contribution is -2.33. The number of aryl methyl sites for hydroxylation is 1. The summed E-state index contributed by atoms with van der Waals surface area (Å²) >= 11 is 0. The Labute approximate surface area is 169 Å². The van der Waals surface area contributed by atoms with Crippen LogP contribution in [0.4, 0.5) is 20.2 Å². The van der Waals surface area contributed by atoms with Gasteiger partial charge in [0.25, 0.3) is 0 Å². The summed E-state index contributed by atoms with van der Waals surface area (Å²) in [5.41, 5.74) is 2.34. The second-order valence-electron chi connectivity index (χ2n) is 7.46. The van der Waals surface area contributed by atoms with Crippen molar-refractivity contribution in [2.45, 2.75) is 19.3 Å². The summed E-state index contributed by atoms with van der Waals surface area (Å²) in [6, 6.07) is 11.3. The molecule has 0 aromatic heterocycles. The summed E-state index contributed by atoms with van der Waals surface area (Å²) in [7, 11) is 3.98. The maximum absolute atomic E-state index is 13.9. The average molecular weight is 401 g/mol. The lowest BCUT2D eigenvalue weighted by molar-refractivity contribution is -0.126. The van der Waals surface area contributed by atoms with Crippen molar-refractivity contribution < 1.29 is 18.4 Å². The normalized spacial score (nSPS) is 16.2. The topological polar surface area (TPSA) is 52.7 Å². The molecule has 154 valence electrons. The molecule has 0 radical (unpaired) electrons. The molecule has 1 unspecified atom stereocenters. The number of benzene rings is 2. The zero-order chi connectivity index (χ0) is 21.0. The zero-order valence-electron chi connectivity index (χ0n) is 16.6. The highest BCUT2D eigenvalue weighted by Gasteiger charge is 2.36. The number of carbonyl (C=O) groups excluding carboxylic acids is 2. The lowest BCUT2D eigenvalue weighted by atomic mass is 10.1. The van der Waals surface area contributed by atoms with Crippen LogP contribution in [0.25, 0.3) is 0 Å². The molecule has 0 spiro atoms. The fourth-order valence-corrected chi connectivity index (χ4v) is 3.43. The van der Waals surface area contributed by atoms with Crippen molar-refractivity contribution in [1.82, 2.24) is 5.32 Å². The van der Waals surface area contributed by atoms with Crippen molar-refractivity contribution in [3.63, 3.8) is 0 Å². The van der Waals surface area contributed by atoms with Gasteiger partial charge >= 0.3 is 0 Å². The number of hydrogen-bond acceptors (Lipinski definition) is 3. The standard InChI is InChI=1S/C22H25F2N3O2/c1-26(2)18-8-5-15(6-9-18)4-3-11-25-22(29)16-12-21(28)27(14-16)20-10-7-17(23)13-19(20)24/h5-10,13,16H,3-4,11-12,14H2,1-2H3,(H,25,29). The van der Waals surface area contributed by atoms with E-state index < -0.39 is 17.6 Å². The first-order valence-electron chi connectivity index (χ1n) is 9.64. The smallest absolute Gasteiger partial charge is 0.227 e. The second-order valence-corrected chi connectivity index (χ2v) is 7.46. The van der Waals surface area contributed by atoms with Crippen molar-refractivity contribution >= 4 is 23.2 Å². The summed E-state index contributed by atoms with van der Waals surface area (Å²) in [6.45, 7) is 0.600. The molecule has 0 bridgehead atoms. The average Bonchev–Trinajstić information content (AvgIpc) is 3.07. The van der Waals surface area contributed by atoms with E-state index in [0.717, 1.165) is 30.7 Å². The Balaban J connectivity index is 1.47. The number of hydrogen-bond donors (Lipinski definition) is 1. The molecule has 7 heteroatoms. The number of rotatable bonds is 7. The minimum Gasteiger partial charge on any atom is -0.378 e. The van der Waals surface area contributed by atoms with E-state index in [4.69, 9.17) is 0 Å². The summed E-state index contributed by atoms with van der Waals surface area (Å²) in [5, 5.41) is 2.86. The third kappa shape index (κ3) is 5.10. The number of carbonyl (C=O) groups is 2. The fourth-order valence-electron chi connectivity index (χ4n) is 3.43. The molecule has 2 amide bonds. The van der Waals surface area contributed by atoms with Crippen LogP contribution in [0.15, 0.2) is 42.5 Å². The van der Waals surface area contributed by atoms with E-state index in [0.29, 0.717) is 6.54 Å². The van der Waals surface area contributed by atoms with Gasteiger partial charge in [0.2, 0.25) is 11.8 Å². The molecule has 0 saturated carbocycles. The quantitative estimate of drug-likeness (QED) is 0.726. The van der Waals surface area contributed by atoms with Crippen LogP contribution in [0.5, 0.6) is 0 Å². The molecule has 1 saturated heterocycles. The van der Waals surface area contributed by atoms with Crippen LogP contribution in [0.3, 0.4) is 0 Å². The highest BCUT2D eigenvalue weighted by molar-refractivity contribution is 6.00. The molecule has 1 N–H and O–H groups in total. The summed E-state index contributed by atoms with van der Waals surface area (Å²) in [4.78, 5) is 27.8. The van der Waals surface area contributed by atoms with Gasteiger partial charge in [-0.15, -0.1) is 0 Å². The Bertz CT molecular complexity index is 884. The Kier molecular flexibility index (Phi) is 6.46. The molecule has 1 fully saturated rings. The number of nitrogens with one attached hydrogen (secondary N) is 1. The maximum Gasteiger partial charge on any atom is 0.227 e. The van der Waals surface area contributed by atoms with Crippen LogP contribution in [0, 0.1) is 17.6 Å². The molecule has 29 heavy (non-hydrogen) atoms. The van der Waals surface area contributed by atoms with Gasteiger partial charge in [-0.05, 0) is 42.7 Å². The summed E-state index contributed by atoms with van der Waals surface area (Å²) in [6.07, 6.45) is 1.64. The monoisotopic (exact) mass is 401 g/mol. The number of halogens is 2. The maximum atomic E-state index is 13.9. The fraction of sp³-hybridized carbons (Fsp3) is 0.364. The van der Waals surface area contributed by atoms with E-state index in [2.05, 4.69) is 29.6 Å². The largest absolute Gasteiger partial charge is 0.378 e. The Morgan fingerprint density at radius 3 is 2.55 bits per heavy atom. The molecular weight excluding hydrogens is 376 g/mol. The minimum atomic E-state index is -0.806. The van der Waals surface area contributed by atoms with Crippen molar-refractivity contribution in [3.8, 4) is 0 Å². The third-order valence-corrected chi connectivity index (χ3v) is 5.09. The van der Waals surface area contributed by atoms with Crippen LogP contribution in [0.1, 0.15) is 18.4 Å². The van der Waals surface area contributed by atoms with Crippen LogP contribution in [-0.4, -0.2) is 39.0 Å². The highest BCUT2D eigenvalue weighted by atomic mass is 19.1. The van der Waals surface area contributed by atoms with Gasteiger partial charge in [-0.2, -0.15) is 0 Å². The van der Waals surface area contributed by atoms with Crippen molar-refractivity contribution in [1.29, 1.82) is 0 Å². The molecule has 1 aliphatic rings. The highest BCUT2D eigenvalue weighted by Crippen LogP contribution is 2.28. The van der Waals surface area contributed by atoms with Crippen molar-refractivity contribution in [2.24, 2.45) is 5.92 Å². The van der Waals surface area contributed by atoms with Gasteiger partial charge in [-0.1, -0.05) is 12.1 Å². The lowest BCUT2D eigenvalue weighted by Gasteiger charge is -2.17. The van der Waals surface area contributed by atoms with Gasteiger partial charge in [0.05, 0.1) is 11.6 Å². The summed E-state index contributed by atoms with van der Waals surface area (Å²) < 4.78 is 27.0. The molecule has 1 atom stereocenters.